The molecule has 284 valence electrons. The summed E-state index contributed by atoms with van der Waals surface area (Å²) in [5.74, 6) is 0.461. The second-order valence-electron chi connectivity index (χ2n) is 14.9. The predicted molar refractivity (Wildman–Crippen MR) is 252 cm³/mol. The largest absolute Gasteiger partial charge is 0.309 e. The Hall–Kier alpha value is -8.08. The Morgan fingerprint density at radius 1 is 0.333 bits per heavy atom. The van der Waals surface area contributed by atoms with Crippen molar-refractivity contribution >= 4 is 39.2 Å². The normalized spacial score (nSPS) is 11.1. The number of anilines is 1. The molecule has 0 aliphatic carbocycles. The zero-order valence-corrected chi connectivity index (χ0v) is 32.8. The van der Waals surface area contributed by atoms with Crippen LogP contribution in [0.5, 0.6) is 0 Å². The number of rotatable bonds is 8. The number of aromatic nitrogens is 1. The molecular weight excluding hydrogens is 729 g/mol. The Kier molecular flexibility index (Phi) is 9.49. The Morgan fingerprint density at radius 2 is 0.850 bits per heavy atom. The van der Waals surface area contributed by atoms with Gasteiger partial charge in [-0.1, -0.05) is 182 Å². The second kappa shape index (κ2) is 15.7. The number of hydrogen-bond acceptors (Lipinski definition) is 2. The third-order valence-corrected chi connectivity index (χ3v) is 11.3. The van der Waals surface area contributed by atoms with Crippen LogP contribution in [0.2, 0.25) is 0 Å². The molecule has 1 heterocycles. The summed E-state index contributed by atoms with van der Waals surface area (Å²) in [7, 11) is 0. The molecule has 2 N–H and O–H groups in total. The SMILES string of the molecule is N=C(c1ccc(-c2ccccc2-c2ccccc2-c2ccc3c(c2)c2ccccc2n3-c2ccccc2)cc1)N(C(=N)c1cccc(-c2ccccc2)c1)c1ccccc1. The van der Waals surface area contributed by atoms with Gasteiger partial charge in [-0.25, -0.2) is 0 Å². The summed E-state index contributed by atoms with van der Waals surface area (Å²) in [6, 6.07) is 79.4. The zero-order chi connectivity index (χ0) is 40.4. The summed E-state index contributed by atoms with van der Waals surface area (Å²) in [5.41, 5.74) is 14.6. The molecule has 4 nitrogen and oxygen atoms in total. The molecule has 4 heteroatoms. The first-order valence-corrected chi connectivity index (χ1v) is 20.2. The average Bonchev–Trinajstić information content (AvgIpc) is 3.66. The topological polar surface area (TPSA) is 55.9 Å². The van der Waals surface area contributed by atoms with E-state index in [1.807, 2.05) is 78.9 Å². The summed E-state index contributed by atoms with van der Waals surface area (Å²) >= 11 is 0. The van der Waals surface area contributed by atoms with Gasteiger partial charge in [-0.15, -0.1) is 0 Å². The van der Waals surface area contributed by atoms with Crippen molar-refractivity contribution in [3.63, 3.8) is 0 Å². The van der Waals surface area contributed by atoms with Crippen molar-refractivity contribution in [3.05, 3.63) is 242 Å². The third-order valence-electron chi connectivity index (χ3n) is 11.3. The lowest BCUT2D eigenvalue weighted by atomic mass is 9.89. The van der Waals surface area contributed by atoms with Gasteiger partial charge in [0, 0.05) is 33.3 Å². The lowest BCUT2D eigenvalue weighted by molar-refractivity contribution is 1.18. The van der Waals surface area contributed by atoms with Crippen LogP contribution >= 0.6 is 0 Å². The molecule has 9 aromatic carbocycles. The van der Waals surface area contributed by atoms with E-state index in [0.717, 1.165) is 61.4 Å². The second-order valence-corrected chi connectivity index (χ2v) is 14.9. The molecule has 0 fully saturated rings. The van der Waals surface area contributed by atoms with E-state index in [0.29, 0.717) is 5.56 Å². The average molecular weight is 769 g/mol. The minimum Gasteiger partial charge on any atom is -0.309 e. The fourth-order valence-electron chi connectivity index (χ4n) is 8.42. The molecule has 0 radical (unpaired) electrons. The van der Waals surface area contributed by atoms with Crippen LogP contribution in [0.1, 0.15) is 11.1 Å². The highest BCUT2D eigenvalue weighted by atomic mass is 15.2. The molecule has 10 rings (SSSR count). The number of hydrogen-bond donors (Lipinski definition) is 2. The van der Waals surface area contributed by atoms with Crippen LogP contribution in [-0.4, -0.2) is 16.2 Å². The monoisotopic (exact) mass is 768 g/mol. The number of amidine groups is 2. The smallest absolute Gasteiger partial charge is 0.138 e. The highest BCUT2D eigenvalue weighted by Crippen LogP contribution is 2.41. The van der Waals surface area contributed by atoms with Gasteiger partial charge in [0.25, 0.3) is 0 Å². The summed E-state index contributed by atoms with van der Waals surface area (Å²) in [6.45, 7) is 0. The van der Waals surface area contributed by atoms with Crippen LogP contribution in [0.3, 0.4) is 0 Å². The maximum Gasteiger partial charge on any atom is 0.138 e. The Morgan fingerprint density at radius 3 is 1.55 bits per heavy atom. The number of para-hydroxylation sites is 3. The van der Waals surface area contributed by atoms with Crippen LogP contribution in [0.4, 0.5) is 5.69 Å². The number of nitrogens with zero attached hydrogens (tertiary/aromatic N) is 2. The molecule has 0 saturated carbocycles. The van der Waals surface area contributed by atoms with Gasteiger partial charge in [0.1, 0.15) is 11.7 Å². The predicted octanol–water partition coefficient (Wildman–Crippen LogP) is 14.3. The van der Waals surface area contributed by atoms with Gasteiger partial charge < -0.3 is 4.57 Å². The molecule has 0 bridgehead atoms. The van der Waals surface area contributed by atoms with Crippen LogP contribution < -0.4 is 4.90 Å². The molecule has 0 atom stereocenters. The highest BCUT2D eigenvalue weighted by molar-refractivity contribution is 6.27. The van der Waals surface area contributed by atoms with E-state index < -0.39 is 0 Å². The molecule has 0 amide bonds. The van der Waals surface area contributed by atoms with Gasteiger partial charge >= 0.3 is 0 Å². The fourth-order valence-corrected chi connectivity index (χ4v) is 8.42. The van der Waals surface area contributed by atoms with Crippen molar-refractivity contribution in [1.82, 2.24) is 4.57 Å². The van der Waals surface area contributed by atoms with Gasteiger partial charge in [-0.05, 0) is 93.0 Å². The fraction of sp³-hybridized carbons (Fsp3) is 0. The first-order chi connectivity index (χ1) is 29.6. The van der Waals surface area contributed by atoms with E-state index in [1.165, 1.54) is 21.8 Å². The first kappa shape index (κ1) is 36.3. The number of benzene rings is 9. The van der Waals surface area contributed by atoms with Gasteiger partial charge in [-0.3, -0.25) is 15.7 Å². The van der Waals surface area contributed by atoms with Crippen molar-refractivity contribution < 1.29 is 0 Å². The zero-order valence-electron chi connectivity index (χ0n) is 32.8. The van der Waals surface area contributed by atoms with Crippen LogP contribution in [-0.2, 0) is 0 Å². The molecule has 60 heavy (non-hydrogen) atoms. The van der Waals surface area contributed by atoms with Gasteiger partial charge in [0.15, 0.2) is 0 Å². The molecule has 0 saturated heterocycles. The summed E-state index contributed by atoms with van der Waals surface area (Å²) < 4.78 is 2.35. The van der Waals surface area contributed by atoms with E-state index in [9.17, 15) is 10.8 Å². The molecule has 0 aliphatic rings. The minimum atomic E-state index is 0.227. The lowest BCUT2D eigenvalue weighted by Crippen LogP contribution is -2.37. The third kappa shape index (κ3) is 6.66. The highest BCUT2D eigenvalue weighted by Gasteiger charge is 2.22. The minimum absolute atomic E-state index is 0.227. The van der Waals surface area contributed by atoms with Gasteiger partial charge in [0.05, 0.1) is 11.0 Å². The van der Waals surface area contributed by atoms with E-state index in [-0.39, 0.29) is 11.7 Å². The standard InChI is InChI=1S/C56H40N4/c57-55(60(46-23-8-3-9-24-46)56(58)44-20-16-19-42(37-44)39-17-4-1-5-18-39)41-33-31-40(32-34-41)47-25-10-12-27-49(47)50-28-13-11-26-48(50)43-35-36-54-52(38-43)51-29-14-15-30-53(51)59(54)45-21-6-2-7-22-45/h1-38,57-58H. The number of fused-ring (bicyclic) bond motifs is 3. The first-order valence-electron chi connectivity index (χ1n) is 20.2. The summed E-state index contributed by atoms with van der Waals surface area (Å²) in [4.78, 5) is 1.72. The van der Waals surface area contributed by atoms with Gasteiger partial charge in [-0.2, -0.15) is 0 Å². The molecule has 10 aromatic rings. The van der Waals surface area contributed by atoms with E-state index in [2.05, 4.69) is 156 Å². The van der Waals surface area contributed by atoms with Crippen molar-refractivity contribution in [2.75, 3.05) is 4.90 Å². The molecular formula is C56H40N4. The van der Waals surface area contributed by atoms with Gasteiger partial charge in [0.2, 0.25) is 0 Å². The molecule has 0 unspecified atom stereocenters. The van der Waals surface area contributed by atoms with Crippen molar-refractivity contribution in [2.24, 2.45) is 0 Å². The maximum atomic E-state index is 9.54. The van der Waals surface area contributed by atoms with E-state index >= 15 is 0 Å². The quantitative estimate of drug-likeness (QED) is 0.117. The Balaban J connectivity index is 1.00. The summed E-state index contributed by atoms with van der Waals surface area (Å²) in [5, 5.41) is 21.4. The van der Waals surface area contributed by atoms with E-state index in [4.69, 9.17) is 0 Å². The van der Waals surface area contributed by atoms with Crippen LogP contribution in [0, 0.1) is 10.8 Å². The summed E-state index contributed by atoms with van der Waals surface area (Å²) in [6.07, 6.45) is 0. The Labute approximate surface area is 349 Å². The Bertz CT molecular complexity index is 3170. The van der Waals surface area contributed by atoms with Crippen molar-refractivity contribution in [1.29, 1.82) is 10.8 Å². The molecule has 1 aromatic heterocycles. The van der Waals surface area contributed by atoms with Crippen molar-refractivity contribution in [2.45, 2.75) is 0 Å². The van der Waals surface area contributed by atoms with E-state index in [1.54, 1.807) is 4.90 Å². The number of nitrogens with one attached hydrogen (secondary N) is 2. The maximum absolute atomic E-state index is 9.54. The lowest BCUT2D eigenvalue weighted by Gasteiger charge is -2.26. The van der Waals surface area contributed by atoms with Crippen LogP contribution in [0.15, 0.2) is 231 Å². The van der Waals surface area contributed by atoms with Crippen molar-refractivity contribution in [3.8, 4) is 50.2 Å². The molecule has 0 aliphatic heterocycles. The van der Waals surface area contributed by atoms with Crippen LogP contribution in [0.25, 0.3) is 72.0 Å². The molecule has 0 spiro atoms.